The van der Waals surface area contributed by atoms with Gasteiger partial charge in [0.15, 0.2) is 0 Å². The monoisotopic (exact) mass is 248 g/mol. The highest BCUT2D eigenvalue weighted by molar-refractivity contribution is 6.17. The topological polar surface area (TPSA) is 55.9 Å². The van der Waals surface area contributed by atoms with Crippen molar-refractivity contribution in [2.75, 3.05) is 14.1 Å². The largest absolute Gasteiger partial charge is 0.188 e. The average molecular weight is 248 g/mol. The Kier molecular flexibility index (Phi) is 3.19. The molecule has 0 bridgehead atoms. The molecule has 6 nitrogen and oxygen atoms in total. The molecule has 0 fully saturated rings. The van der Waals surface area contributed by atoms with Crippen molar-refractivity contribution in [2.45, 2.75) is 27.7 Å². The number of rotatable bonds is 1. The minimum atomic E-state index is 0.169. The van der Waals surface area contributed by atoms with E-state index in [2.05, 4.69) is 20.4 Å². The van der Waals surface area contributed by atoms with Crippen LogP contribution in [0.15, 0.2) is 20.4 Å². The Hall–Kier alpha value is -1.72. The SMILES string of the molecule is CC1=NN(C)N=C(C)C1C1C(C)=NN(C)N=C1C. The summed E-state index contributed by atoms with van der Waals surface area (Å²) in [5.41, 5.74) is 4.24. The quantitative estimate of drug-likeness (QED) is 0.708. The van der Waals surface area contributed by atoms with Crippen molar-refractivity contribution in [2.24, 2.45) is 32.2 Å². The summed E-state index contributed by atoms with van der Waals surface area (Å²) in [4.78, 5) is 0. The van der Waals surface area contributed by atoms with Gasteiger partial charge in [0.25, 0.3) is 0 Å². The Morgan fingerprint density at radius 1 is 0.611 bits per heavy atom. The number of nitrogens with zero attached hydrogens (tertiary/aromatic N) is 6. The molecule has 0 aliphatic carbocycles. The molecule has 0 aromatic heterocycles. The van der Waals surface area contributed by atoms with Gasteiger partial charge in [-0.05, 0) is 27.7 Å². The molecule has 0 saturated heterocycles. The van der Waals surface area contributed by atoms with Gasteiger partial charge in [-0.3, -0.25) is 0 Å². The second-order valence-electron chi connectivity index (χ2n) is 4.90. The third kappa shape index (κ3) is 2.14. The van der Waals surface area contributed by atoms with Gasteiger partial charge in [0, 0.05) is 36.9 Å². The van der Waals surface area contributed by atoms with Crippen LogP contribution in [0, 0.1) is 11.8 Å². The van der Waals surface area contributed by atoms with Crippen molar-refractivity contribution in [3.05, 3.63) is 0 Å². The van der Waals surface area contributed by atoms with Crippen molar-refractivity contribution < 1.29 is 0 Å². The van der Waals surface area contributed by atoms with Crippen molar-refractivity contribution in [1.29, 1.82) is 0 Å². The van der Waals surface area contributed by atoms with Crippen LogP contribution in [-0.4, -0.2) is 47.2 Å². The van der Waals surface area contributed by atoms with Gasteiger partial charge in [-0.15, -0.1) is 0 Å². The summed E-state index contributed by atoms with van der Waals surface area (Å²) >= 11 is 0. The molecule has 0 spiro atoms. The van der Waals surface area contributed by atoms with E-state index in [-0.39, 0.29) is 11.8 Å². The zero-order valence-corrected chi connectivity index (χ0v) is 11.8. The van der Waals surface area contributed by atoms with E-state index in [1.807, 2.05) is 41.8 Å². The van der Waals surface area contributed by atoms with E-state index in [4.69, 9.17) is 0 Å². The van der Waals surface area contributed by atoms with E-state index < -0.39 is 0 Å². The first-order valence-corrected chi connectivity index (χ1v) is 6.08. The Bertz CT molecular complexity index is 389. The van der Waals surface area contributed by atoms with Crippen LogP contribution in [0.5, 0.6) is 0 Å². The molecule has 0 saturated carbocycles. The Balaban J connectivity index is 2.37. The predicted molar refractivity (Wildman–Crippen MR) is 74.9 cm³/mol. The Morgan fingerprint density at radius 3 is 1.06 bits per heavy atom. The van der Waals surface area contributed by atoms with E-state index in [9.17, 15) is 0 Å². The van der Waals surface area contributed by atoms with Crippen LogP contribution in [0.25, 0.3) is 0 Å². The van der Waals surface area contributed by atoms with Gasteiger partial charge in [-0.25, -0.2) is 0 Å². The maximum atomic E-state index is 4.42. The summed E-state index contributed by atoms with van der Waals surface area (Å²) < 4.78 is 0. The molecule has 0 unspecified atom stereocenters. The van der Waals surface area contributed by atoms with Crippen LogP contribution in [0.3, 0.4) is 0 Å². The summed E-state index contributed by atoms with van der Waals surface area (Å²) in [5.74, 6) is 0.338. The van der Waals surface area contributed by atoms with Crippen LogP contribution in [0.4, 0.5) is 0 Å². The second kappa shape index (κ2) is 4.51. The molecular formula is C12H20N6. The van der Waals surface area contributed by atoms with Crippen LogP contribution in [0.1, 0.15) is 27.7 Å². The highest BCUT2D eigenvalue weighted by Gasteiger charge is 2.35. The second-order valence-corrected chi connectivity index (χ2v) is 4.90. The first-order chi connectivity index (χ1) is 8.40. The van der Waals surface area contributed by atoms with Gasteiger partial charge in [-0.1, -0.05) is 0 Å². The molecule has 0 amide bonds. The van der Waals surface area contributed by atoms with Crippen molar-refractivity contribution in [3.8, 4) is 0 Å². The summed E-state index contributed by atoms with van der Waals surface area (Å²) in [6.07, 6.45) is 0. The van der Waals surface area contributed by atoms with Gasteiger partial charge in [-0.2, -0.15) is 30.6 Å². The minimum absolute atomic E-state index is 0.169. The maximum absolute atomic E-state index is 4.42. The highest BCUT2D eigenvalue weighted by atomic mass is 15.7. The summed E-state index contributed by atoms with van der Waals surface area (Å²) in [6.45, 7) is 8.16. The molecule has 0 N–H and O–H groups in total. The van der Waals surface area contributed by atoms with Gasteiger partial charge in [0.2, 0.25) is 0 Å². The third-order valence-electron chi connectivity index (χ3n) is 3.34. The molecule has 6 heteroatoms. The normalized spacial score (nSPS) is 22.6. The molecular weight excluding hydrogens is 228 g/mol. The lowest BCUT2D eigenvalue weighted by molar-refractivity contribution is 0.351. The lowest BCUT2D eigenvalue weighted by Gasteiger charge is -2.33. The van der Waals surface area contributed by atoms with E-state index in [0.717, 1.165) is 22.8 Å². The van der Waals surface area contributed by atoms with Crippen molar-refractivity contribution in [3.63, 3.8) is 0 Å². The fourth-order valence-electron chi connectivity index (χ4n) is 2.78. The van der Waals surface area contributed by atoms with E-state index in [0.29, 0.717) is 0 Å². The Labute approximate surface area is 108 Å². The lowest BCUT2D eigenvalue weighted by Crippen LogP contribution is -2.42. The van der Waals surface area contributed by atoms with Crippen molar-refractivity contribution >= 4 is 22.8 Å². The first kappa shape index (κ1) is 12.7. The third-order valence-corrected chi connectivity index (χ3v) is 3.34. The molecule has 0 aromatic rings. The molecule has 0 aromatic carbocycles. The Morgan fingerprint density at radius 2 is 0.833 bits per heavy atom. The molecule has 2 aliphatic heterocycles. The fraction of sp³-hybridized carbons (Fsp3) is 0.667. The first-order valence-electron chi connectivity index (χ1n) is 6.08. The smallest absolute Gasteiger partial charge is 0.0523 e. The number of hydrazone groups is 4. The van der Waals surface area contributed by atoms with Crippen LogP contribution in [-0.2, 0) is 0 Å². The van der Waals surface area contributed by atoms with E-state index in [1.165, 1.54) is 0 Å². The molecule has 2 rings (SSSR count). The molecule has 18 heavy (non-hydrogen) atoms. The molecule has 98 valence electrons. The molecule has 0 atom stereocenters. The van der Waals surface area contributed by atoms with Crippen LogP contribution < -0.4 is 0 Å². The van der Waals surface area contributed by atoms with Crippen LogP contribution in [0.2, 0.25) is 0 Å². The zero-order chi connectivity index (χ0) is 13.4. The summed E-state index contributed by atoms with van der Waals surface area (Å²) in [6, 6.07) is 0. The fourth-order valence-corrected chi connectivity index (χ4v) is 2.78. The number of hydrogen-bond donors (Lipinski definition) is 0. The molecule has 2 aliphatic rings. The maximum Gasteiger partial charge on any atom is 0.0523 e. The van der Waals surface area contributed by atoms with E-state index in [1.54, 1.807) is 10.2 Å². The van der Waals surface area contributed by atoms with Crippen LogP contribution >= 0.6 is 0 Å². The van der Waals surface area contributed by atoms with E-state index >= 15 is 0 Å². The van der Waals surface area contributed by atoms with Gasteiger partial charge in [0.1, 0.15) is 0 Å². The van der Waals surface area contributed by atoms with Gasteiger partial charge < -0.3 is 0 Å². The predicted octanol–water partition coefficient (Wildman–Crippen LogP) is 1.61. The molecule has 2 heterocycles. The molecule has 0 radical (unpaired) electrons. The summed E-state index contributed by atoms with van der Waals surface area (Å²) in [5, 5.41) is 20.9. The highest BCUT2D eigenvalue weighted by Crippen LogP contribution is 2.26. The summed E-state index contributed by atoms with van der Waals surface area (Å²) in [7, 11) is 3.69. The van der Waals surface area contributed by atoms with Crippen molar-refractivity contribution in [1.82, 2.24) is 10.2 Å². The van der Waals surface area contributed by atoms with Gasteiger partial charge >= 0.3 is 0 Å². The average Bonchev–Trinajstić information content (AvgIpc) is 2.20. The lowest BCUT2D eigenvalue weighted by atomic mass is 9.79. The standard InChI is InChI=1S/C12H20N6/c1-7-11(8(2)14-17(5)13-7)12-9(3)15-18(6)16-10(12)4/h11-12H,1-6H3. The minimum Gasteiger partial charge on any atom is -0.188 e. The number of hydrogen-bond acceptors (Lipinski definition) is 6. The van der Waals surface area contributed by atoms with Gasteiger partial charge in [0.05, 0.1) is 11.8 Å². The zero-order valence-electron chi connectivity index (χ0n) is 11.8.